The van der Waals surface area contributed by atoms with Gasteiger partial charge in [0.15, 0.2) is 0 Å². The zero-order chi connectivity index (χ0) is 13.1. The van der Waals surface area contributed by atoms with Crippen molar-refractivity contribution in [3.63, 3.8) is 0 Å². The molecule has 0 aromatic heterocycles. The molecule has 1 aliphatic carbocycles. The summed E-state index contributed by atoms with van der Waals surface area (Å²) < 4.78 is 4.33. The summed E-state index contributed by atoms with van der Waals surface area (Å²) in [6.45, 7) is 0. The molecule has 0 aliphatic heterocycles. The zero-order valence-electron chi connectivity index (χ0n) is 9.64. The molecular formula is C11H16O6. The van der Waals surface area contributed by atoms with Crippen molar-refractivity contribution in [2.45, 2.75) is 37.7 Å². The molecule has 0 aromatic rings. The highest BCUT2D eigenvalue weighted by Crippen LogP contribution is 2.35. The molecule has 0 bridgehead atoms. The maximum Gasteiger partial charge on any atom is 0.374 e. The van der Waals surface area contributed by atoms with Crippen molar-refractivity contribution in [2.75, 3.05) is 7.11 Å². The first-order valence-corrected chi connectivity index (χ1v) is 5.44. The van der Waals surface area contributed by atoms with Crippen LogP contribution in [0.1, 0.15) is 32.1 Å². The van der Waals surface area contributed by atoms with Gasteiger partial charge in [-0.05, 0) is 25.7 Å². The Morgan fingerprint density at radius 2 is 2.06 bits per heavy atom. The predicted octanol–water partition coefficient (Wildman–Crippen LogP) is 0.124. The van der Waals surface area contributed by atoms with Crippen molar-refractivity contribution in [1.29, 1.82) is 0 Å². The van der Waals surface area contributed by atoms with Gasteiger partial charge < -0.3 is 14.9 Å². The number of ether oxygens (including phenoxy) is 1. The maximum atomic E-state index is 11.6. The lowest BCUT2D eigenvalue weighted by molar-refractivity contribution is -0.156. The van der Waals surface area contributed by atoms with Gasteiger partial charge in [-0.15, -0.1) is 0 Å². The average molecular weight is 244 g/mol. The van der Waals surface area contributed by atoms with Crippen LogP contribution in [0.3, 0.4) is 0 Å². The number of esters is 1. The molecule has 2 atom stereocenters. The second-order valence-electron chi connectivity index (χ2n) is 4.44. The van der Waals surface area contributed by atoms with Crippen molar-refractivity contribution in [2.24, 2.45) is 5.92 Å². The van der Waals surface area contributed by atoms with Gasteiger partial charge in [0, 0.05) is 5.92 Å². The van der Waals surface area contributed by atoms with Crippen molar-refractivity contribution in [3.8, 4) is 0 Å². The lowest BCUT2D eigenvalue weighted by Crippen LogP contribution is -2.41. The zero-order valence-corrected chi connectivity index (χ0v) is 9.64. The molecule has 0 saturated heterocycles. The van der Waals surface area contributed by atoms with Gasteiger partial charge in [-0.1, -0.05) is 0 Å². The number of carbonyl (C=O) groups excluding carboxylic acids is 2. The summed E-state index contributed by atoms with van der Waals surface area (Å²) in [7, 11) is 1.12. The molecule has 1 saturated carbocycles. The SMILES string of the molecule is COC(=O)C(=O)[C@@H]1CCC[C@](O)(CC(=O)O)C1. The number of rotatable bonds is 4. The lowest BCUT2D eigenvalue weighted by atomic mass is 9.75. The maximum absolute atomic E-state index is 11.6. The largest absolute Gasteiger partial charge is 0.481 e. The van der Waals surface area contributed by atoms with Crippen LogP contribution >= 0.6 is 0 Å². The molecule has 0 spiro atoms. The second-order valence-corrected chi connectivity index (χ2v) is 4.44. The molecule has 1 aliphatic rings. The fraction of sp³-hybridized carbons (Fsp3) is 0.727. The molecule has 0 amide bonds. The van der Waals surface area contributed by atoms with Gasteiger partial charge in [0.2, 0.25) is 5.78 Å². The van der Waals surface area contributed by atoms with Crippen LogP contribution in [0.25, 0.3) is 0 Å². The van der Waals surface area contributed by atoms with E-state index in [9.17, 15) is 19.5 Å². The third kappa shape index (κ3) is 3.52. The molecular weight excluding hydrogens is 228 g/mol. The summed E-state index contributed by atoms with van der Waals surface area (Å²) in [6.07, 6.45) is 0.947. The van der Waals surface area contributed by atoms with Gasteiger partial charge in [0.05, 0.1) is 19.1 Å². The van der Waals surface area contributed by atoms with Gasteiger partial charge in [-0.2, -0.15) is 0 Å². The third-order valence-electron chi connectivity index (χ3n) is 3.06. The Balaban J connectivity index is 2.69. The fourth-order valence-corrected chi connectivity index (χ4v) is 2.27. The molecule has 0 aromatic carbocycles. The minimum Gasteiger partial charge on any atom is -0.481 e. The van der Waals surface area contributed by atoms with Crippen molar-refractivity contribution in [3.05, 3.63) is 0 Å². The lowest BCUT2D eigenvalue weighted by Gasteiger charge is -2.34. The molecule has 96 valence electrons. The number of aliphatic hydroxyl groups is 1. The standard InChI is InChI=1S/C11H16O6/c1-17-10(15)9(14)7-3-2-4-11(16,5-7)6-8(12)13/h7,16H,2-6H2,1H3,(H,12,13)/t7-,11-/m1/s1. The highest BCUT2D eigenvalue weighted by molar-refractivity contribution is 6.34. The van der Waals surface area contributed by atoms with E-state index in [1.807, 2.05) is 0 Å². The van der Waals surface area contributed by atoms with Gasteiger partial charge >= 0.3 is 11.9 Å². The highest BCUT2D eigenvalue weighted by Gasteiger charge is 2.40. The predicted molar refractivity (Wildman–Crippen MR) is 56.2 cm³/mol. The molecule has 1 rings (SSSR count). The summed E-state index contributed by atoms with van der Waals surface area (Å²) in [5.41, 5.74) is -1.39. The summed E-state index contributed by atoms with van der Waals surface area (Å²) in [4.78, 5) is 33.2. The van der Waals surface area contributed by atoms with Gasteiger partial charge in [0.1, 0.15) is 0 Å². The normalized spacial score (nSPS) is 28.5. The molecule has 6 nitrogen and oxygen atoms in total. The van der Waals surface area contributed by atoms with E-state index in [2.05, 4.69) is 4.74 Å². The van der Waals surface area contributed by atoms with Crippen LogP contribution in [0.15, 0.2) is 0 Å². The number of aliphatic carboxylic acids is 1. The van der Waals surface area contributed by atoms with Crippen LogP contribution in [0.5, 0.6) is 0 Å². The first-order chi connectivity index (χ1) is 7.88. The molecule has 6 heteroatoms. The van der Waals surface area contributed by atoms with E-state index in [-0.39, 0.29) is 6.42 Å². The topological polar surface area (TPSA) is 101 Å². The van der Waals surface area contributed by atoms with Crippen LogP contribution in [-0.4, -0.2) is 40.6 Å². The van der Waals surface area contributed by atoms with E-state index in [0.29, 0.717) is 19.3 Å². The van der Waals surface area contributed by atoms with Gasteiger partial charge in [0.25, 0.3) is 0 Å². The van der Waals surface area contributed by atoms with E-state index >= 15 is 0 Å². The average Bonchev–Trinajstić information content (AvgIpc) is 2.25. The molecule has 17 heavy (non-hydrogen) atoms. The first kappa shape index (κ1) is 13.6. The number of carbonyl (C=O) groups is 3. The summed E-state index contributed by atoms with van der Waals surface area (Å²) in [5, 5.41) is 18.7. The summed E-state index contributed by atoms with van der Waals surface area (Å²) in [5.74, 6) is -3.37. The van der Waals surface area contributed by atoms with Gasteiger partial charge in [-0.3, -0.25) is 9.59 Å². The van der Waals surface area contributed by atoms with Crippen LogP contribution in [0, 0.1) is 5.92 Å². The van der Waals surface area contributed by atoms with Gasteiger partial charge in [-0.25, -0.2) is 4.79 Å². The van der Waals surface area contributed by atoms with Crippen LogP contribution in [0.2, 0.25) is 0 Å². The number of carboxylic acid groups (broad SMARTS) is 1. The fourth-order valence-electron chi connectivity index (χ4n) is 2.27. The quantitative estimate of drug-likeness (QED) is 0.538. The minimum atomic E-state index is -1.39. The Kier molecular flexibility index (Phi) is 4.22. The third-order valence-corrected chi connectivity index (χ3v) is 3.06. The number of Topliss-reactive ketones (excluding diaryl/α,β-unsaturated/α-hetero) is 1. The van der Waals surface area contributed by atoms with Crippen LogP contribution in [-0.2, 0) is 19.1 Å². The number of methoxy groups -OCH3 is 1. The number of ketones is 1. The monoisotopic (exact) mass is 244 g/mol. The van der Waals surface area contributed by atoms with Crippen LogP contribution < -0.4 is 0 Å². The minimum absolute atomic E-state index is 0.00718. The Morgan fingerprint density at radius 3 is 2.59 bits per heavy atom. The van der Waals surface area contributed by atoms with E-state index in [4.69, 9.17) is 5.11 Å². The number of hydrogen-bond acceptors (Lipinski definition) is 5. The molecule has 2 N–H and O–H groups in total. The number of carboxylic acids is 1. The highest BCUT2D eigenvalue weighted by atomic mass is 16.5. The second kappa shape index (κ2) is 5.27. The molecule has 1 fully saturated rings. The van der Waals surface area contributed by atoms with Crippen molar-refractivity contribution < 1.29 is 29.3 Å². The Labute approximate surface area is 98.6 Å². The van der Waals surface area contributed by atoms with E-state index in [1.54, 1.807) is 0 Å². The van der Waals surface area contributed by atoms with Crippen molar-refractivity contribution >= 4 is 17.7 Å². The summed E-state index contributed by atoms with van der Waals surface area (Å²) >= 11 is 0. The van der Waals surface area contributed by atoms with E-state index in [0.717, 1.165) is 7.11 Å². The van der Waals surface area contributed by atoms with Crippen LogP contribution in [0.4, 0.5) is 0 Å². The first-order valence-electron chi connectivity index (χ1n) is 5.44. The number of hydrogen-bond donors (Lipinski definition) is 2. The Bertz CT molecular complexity index is 337. The smallest absolute Gasteiger partial charge is 0.374 e. The Morgan fingerprint density at radius 1 is 1.41 bits per heavy atom. The summed E-state index contributed by atoms with van der Waals surface area (Å²) in [6, 6.07) is 0. The molecule has 0 heterocycles. The Hall–Kier alpha value is -1.43. The van der Waals surface area contributed by atoms with Crippen molar-refractivity contribution in [1.82, 2.24) is 0 Å². The molecule has 0 radical (unpaired) electrons. The van der Waals surface area contributed by atoms with E-state index in [1.165, 1.54) is 0 Å². The van der Waals surface area contributed by atoms with E-state index < -0.39 is 35.7 Å². The molecule has 0 unspecified atom stereocenters.